The fourth-order valence-electron chi connectivity index (χ4n) is 3.14. The highest BCUT2D eigenvalue weighted by Crippen LogP contribution is 2.41. The lowest BCUT2D eigenvalue weighted by Crippen LogP contribution is -2.31. The van der Waals surface area contributed by atoms with Crippen LogP contribution >= 0.6 is 0 Å². The molecule has 0 saturated heterocycles. The van der Waals surface area contributed by atoms with E-state index in [1.807, 2.05) is 0 Å². The van der Waals surface area contributed by atoms with E-state index in [1.165, 1.54) is 37.1 Å². The minimum atomic E-state index is 0.261. The van der Waals surface area contributed by atoms with Crippen LogP contribution in [-0.4, -0.2) is 16.8 Å². The summed E-state index contributed by atoms with van der Waals surface area (Å²) >= 11 is 0. The van der Waals surface area contributed by atoms with E-state index in [4.69, 9.17) is 0 Å². The fourth-order valence-corrected chi connectivity index (χ4v) is 3.14. The Morgan fingerprint density at radius 3 is 2.80 bits per heavy atom. The zero-order valence-corrected chi connectivity index (χ0v) is 9.59. The topological polar surface area (TPSA) is 3.01 Å². The second-order valence-corrected chi connectivity index (χ2v) is 5.20. The number of hydrogen-bond acceptors (Lipinski definition) is 0. The summed E-state index contributed by atoms with van der Waals surface area (Å²) in [5.74, 6) is 0. The predicted octanol–water partition coefficient (Wildman–Crippen LogP) is 3.25. The van der Waals surface area contributed by atoms with Crippen molar-refractivity contribution in [1.82, 2.24) is 0 Å². The average Bonchev–Trinajstić information content (AvgIpc) is 2.51. The van der Waals surface area contributed by atoms with Crippen molar-refractivity contribution in [1.29, 1.82) is 0 Å². The van der Waals surface area contributed by atoms with Gasteiger partial charge in [-0.25, -0.2) is 0 Å². The third-order valence-electron chi connectivity index (χ3n) is 3.96. The van der Waals surface area contributed by atoms with Crippen LogP contribution < -0.4 is 0 Å². The Morgan fingerprint density at radius 2 is 1.93 bits per heavy atom. The van der Waals surface area contributed by atoms with Crippen molar-refractivity contribution < 1.29 is 4.58 Å². The molecule has 1 aromatic carbocycles. The first-order valence-corrected chi connectivity index (χ1v) is 5.94. The maximum Gasteiger partial charge on any atom is 0.209 e. The Hall–Kier alpha value is -1.11. The fraction of sp³-hybridized carbons (Fsp3) is 0.500. The lowest BCUT2D eigenvalue weighted by atomic mass is 9.79. The summed E-state index contributed by atoms with van der Waals surface area (Å²) in [6.07, 6.45) is 3.98. The first kappa shape index (κ1) is 9.14. The van der Waals surface area contributed by atoms with Crippen molar-refractivity contribution in [2.75, 3.05) is 6.54 Å². The van der Waals surface area contributed by atoms with E-state index < -0.39 is 0 Å². The van der Waals surface area contributed by atoms with Gasteiger partial charge in [-0.3, -0.25) is 0 Å². The van der Waals surface area contributed by atoms with Gasteiger partial charge in [-0.1, -0.05) is 18.2 Å². The van der Waals surface area contributed by atoms with Crippen molar-refractivity contribution >= 4 is 11.4 Å². The van der Waals surface area contributed by atoms with Crippen LogP contribution in [0.4, 0.5) is 5.69 Å². The van der Waals surface area contributed by atoms with Crippen molar-refractivity contribution in [2.24, 2.45) is 0 Å². The van der Waals surface area contributed by atoms with Crippen molar-refractivity contribution in [3.63, 3.8) is 0 Å². The van der Waals surface area contributed by atoms with Gasteiger partial charge in [-0.05, 0) is 20.3 Å². The molecule has 0 bridgehead atoms. The van der Waals surface area contributed by atoms with Gasteiger partial charge in [-0.15, -0.1) is 0 Å². The van der Waals surface area contributed by atoms with Gasteiger partial charge in [0, 0.05) is 24.5 Å². The molecule has 0 atom stereocenters. The summed E-state index contributed by atoms with van der Waals surface area (Å²) in [5, 5.41) is 0. The summed E-state index contributed by atoms with van der Waals surface area (Å²) in [5.41, 5.74) is 4.87. The molecule has 3 rings (SSSR count). The Bertz CT molecular complexity index is 440. The maximum absolute atomic E-state index is 2.55. The number of para-hydroxylation sites is 1. The van der Waals surface area contributed by atoms with Crippen LogP contribution in [0.25, 0.3) is 0 Å². The Balaban J connectivity index is 2.25. The lowest BCUT2D eigenvalue weighted by Gasteiger charge is -2.19. The number of fused-ring (bicyclic) bond motifs is 2. The lowest BCUT2D eigenvalue weighted by molar-refractivity contribution is -0.444. The monoisotopic (exact) mass is 200 g/mol. The standard InChI is InChI=1S/C14H18N/c1-14(2)11-7-3-4-8-12(11)15-10-6-5-9-13(14)15/h3-4,7-8H,5-6,9-10H2,1-2H3/q+1. The predicted molar refractivity (Wildman–Crippen MR) is 63.1 cm³/mol. The van der Waals surface area contributed by atoms with Crippen LogP contribution in [0.3, 0.4) is 0 Å². The molecular weight excluding hydrogens is 182 g/mol. The minimum absolute atomic E-state index is 0.261. The molecule has 0 N–H and O–H groups in total. The van der Waals surface area contributed by atoms with E-state index in [2.05, 4.69) is 42.7 Å². The van der Waals surface area contributed by atoms with Gasteiger partial charge in [0.2, 0.25) is 5.69 Å². The molecule has 0 amide bonds. The normalized spacial score (nSPS) is 22.5. The van der Waals surface area contributed by atoms with Crippen LogP contribution in [0, 0.1) is 0 Å². The highest BCUT2D eigenvalue weighted by atomic mass is 15.1. The zero-order valence-electron chi connectivity index (χ0n) is 9.59. The summed E-state index contributed by atoms with van der Waals surface area (Å²) in [6, 6.07) is 8.89. The van der Waals surface area contributed by atoms with Gasteiger partial charge in [0.25, 0.3) is 0 Å². The van der Waals surface area contributed by atoms with Gasteiger partial charge in [0.1, 0.15) is 6.54 Å². The Kier molecular flexibility index (Phi) is 1.79. The largest absolute Gasteiger partial charge is 0.209 e. The second-order valence-electron chi connectivity index (χ2n) is 5.20. The summed E-state index contributed by atoms with van der Waals surface area (Å²) < 4.78 is 2.55. The Morgan fingerprint density at radius 1 is 1.13 bits per heavy atom. The number of nitrogens with zero attached hydrogens (tertiary/aromatic N) is 1. The van der Waals surface area contributed by atoms with Gasteiger partial charge < -0.3 is 0 Å². The highest BCUT2D eigenvalue weighted by Gasteiger charge is 2.45. The molecule has 78 valence electrons. The van der Waals surface area contributed by atoms with E-state index in [-0.39, 0.29) is 5.41 Å². The molecule has 0 fully saturated rings. The van der Waals surface area contributed by atoms with Gasteiger partial charge >= 0.3 is 0 Å². The molecule has 0 aliphatic carbocycles. The van der Waals surface area contributed by atoms with Crippen molar-refractivity contribution in [3.05, 3.63) is 29.8 Å². The molecule has 1 heteroatoms. The molecule has 0 unspecified atom stereocenters. The smallest absolute Gasteiger partial charge is 0.199 e. The van der Waals surface area contributed by atoms with E-state index >= 15 is 0 Å². The Labute approximate surface area is 91.4 Å². The number of rotatable bonds is 0. The van der Waals surface area contributed by atoms with Crippen LogP contribution in [0.1, 0.15) is 38.7 Å². The minimum Gasteiger partial charge on any atom is -0.199 e. The summed E-state index contributed by atoms with van der Waals surface area (Å²) in [4.78, 5) is 0. The summed E-state index contributed by atoms with van der Waals surface area (Å²) in [6.45, 7) is 5.95. The quantitative estimate of drug-likeness (QED) is 0.566. The van der Waals surface area contributed by atoms with Gasteiger partial charge in [0.05, 0.1) is 5.41 Å². The molecule has 0 radical (unpaired) electrons. The highest BCUT2D eigenvalue weighted by molar-refractivity contribution is 5.95. The molecule has 2 aliphatic rings. The zero-order chi connectivity index (χ0) is 10.5. The van der Waals surface area contributed by atoms with E-state index in [1.54, 1.807) is 5.71 Å². The first-order valence-electron chi connectivity index (χ1n) is 5.94. The molecule has 1 aromatic rings. The first-order chi connectivity index (χ1) is 7.21. The second kappa shape index (κ2) is 2.94. The van der Waals surface area contributed by atoms with Gasteiger partial charge in [0.15, 0.2) is 5.71 Å². The van der Waals surface area contributed by atoms with Crippen LogP contribution in [0.2, 0.25) is 0 Å². The van der Waals surface area contributed by atoms with E-state index in [0.29, 0.717) is 0 Å². The average molecular weight is 200 g/mol. The van der Waals surface area contributed by atoms with E-state index in [0.717, 1.165) is 0 Å². The van der Waals surface area contributed by atoms with Crippen molar-refractivity contribution in [3.8, 4) is 0 Å². The molecule has 0 spiro atoms. The molecule has 2 heterocycles. The van der Waals surface area contributed by atoms with E-state index in [9.17, 15) is 0 Å². The van der Waals surface area contributed by atoms with Crippen LogP contribution in [-0.2, 0) is 5.41 Å². The number of benzene rings is 1. The molecular formula is C14H18N+. The SMILES string of the molecule is CC1(C)C2=[N+](CCCC2)c2ccccc21. The number of hydrogen-bond donors (Lipinski definition) is 0. The molecule has 1 nitrogen and oxygen atoms in total. The third kappa shape index (κ3) is 1.12. The van der Waals surface area contributed by atoms with Gasteiger partial charge in [-0.2, -0.15) is 4.58 Å². The maximum atomic E-state index is 2.55. The molecule has 0 aromatic heterocycles. The van der Waals surface area contributed by atoms with Crippen molar-refractivity contribution in [2.45, 2.75) is 38.5 Å². The molecule has 0 saturated carbocycles. The summed E-state index contributed by atoms with van der Waals surface area (Å²) in [7, 11) is 0. The third-order valence-corrected chi connectivity index (χ3v) is 3.96. The van der Waals surface area contributed by atoms with Crippen LogP contribution in [0.5, 0.6) is 0 Å². The molecule has 2 aliphatic heterocycles. The van der Waals surface area contributed by atoms with Crippen LogP contribution in [0.15, 0.2) is 24.3 Å². The molecule has 15 heavy (non-hydrogen) atoms.